The average Bonchev–Trinajstić information content (AvgIpc) is 3.20. The standard InChI is InChI=1S/C22H28ClNO4S/c1-16(2)28-22-13-17(11-12-21(22)27-3)15-24(19-8-4-5-9-19)29(25,26)20-10-6-7-18(23)14-20/h6-7,10-14,16,19H,4-5,8-9,15H2,1-3H3. The molecule has 0 aliphatic heterocycles. The molecular formula is C22H28ClNO4S. The number of ether oxygens (including phenoxy) is 2. The molecule has 0 atom stereocenters. The van der Waals surface area contributed by atoms with E-state index in [-0.39, 0.29) is 23.6 Å². The van der Waals surface area contributed by atoms with E-state index in [9.17, 15) is 8.42 Å². The molecule has 0 saturated heterocycles. The Kier molecular flexibility index (Phi) is 7.09. The Bertz CT molecular complexity index is 940. The summed E-state index contributed by atoms with van der Waals surface area (Å²) in [5.74, 6) is 1.25. The zero-order valence-electron chi connectivity index (χ0n) is 17.1. The molecule has 0 spiro atoms. The topological polar surface area (TPSA) is 55.8 Å². The second kappa shape index (κ2) is 9.37. The maximum atomic E-state index is 13.5. The lowest BCUT2D eigenvalue weighted by molar-refractivity contribution is 0.229. The molecule has 2 aromatic rings. The third-order valence-electron chi connectivity index (χ3n) is 5.06. The molecule has 0 amide bonds. The monoisotopic (exact) mass is 437 g/mol. The molecule has 1 aliphatic carbocycles. The van der Waals surface area contributed by atoms with Gasteiger partial charge in [0.05, 0.1) is 18.1 Å². The van der Waals surface area contributed by atoms with E-state index in [4.69, 9.17) is 21.1 Å². The van der Waals surface area contributed by atoms with E-state index >= 15 is 0 Å². The summed E-state index contributed by atoms with van der Waals surface area (Å²) in [5.41, 5.74) is 0.860. The summed E-state index contributed by atoms with van der Waals surface area (Å²) >= 11 is 6.06. The first kappa shape index (κ1) is 21.9. The maximum absolute atomic E-state index is 13.5. The SMILES string of the molecule is COc1ccc(CN(C2CCCC2)S(=O)(=O)c2cccc(Cl)c2)cc1OC(C)C. The summed E-state index contributed by atoms with van der Waals surface area (Å²) in [7, 11) is -2.09. The van der Waals surface area contributed by atoms with Crippen molar-refractivity contribution in [3.63, 3.8) is 0 Å². The van der Waals surface area contributed by atoms with E-state index in [1.54, 1.807) is 29.6 Å². The van der Waals surface area contributed by atoms with E-state index in [0.29, 0.717) is 16.5 Å². The fourth-order valence-corrected chi connectivity index (χ4v) is 5.69. The van der Waals surface area contributed by atoms with Crippen molar-refractivity contribution in [3.8, 4) is 11.5 Å². The van der Waals surface area contributed by atoms with Crippen LogP contribution in [-0.2, 0) is 16.6 Å². The smallest absolute Gasteiger partial charge is 0.243 e. The highest BCUT2D eigenvalue weighted by Gasteiger charge is 2.33. The molecule has 158 valence electrons. The Labute approximate surface area is 178 Å². The summed E-state index contributed by atoms with van der Waals surface area (Å²) in [6, 6.07) is 12.0. The molecule has 0 unspecified atom stereocenters. The van der Waals surface area contributed by atoms with Gasteiger partial charge < -0.3 is 9.47 Å². The molecule has 0 N–H and O–H groups in total. The van der Waals surface area contributed by atoms with E-state index < -0.39 is 10.0 Å². The quantitative estimate of drug-likeness (QED) is 0.564. The van der Waals surface area contributed by atoms with Crippen LogP contribution in [0.25, 0.3) is 0 Å². The number of benzene rings is 2. The highest BCUT2D eigenvalue weighted by Crippen LogP contribution is 2.34. The first-order valence-corrected chi connectivity index (χ1v) is 11.7. The van der Waals surface area contributed by atoms with Gasteiger partial charge >= 0.3 is 0 Å². The Hall–Kier alpha value is -1.76. The van der Waals surface area contributed by atoms with Gasteiger partial charge in [0, 0.05) is 17.6 Å². The van der Waals surface area contributed by atoms with E-state index in [1.165, 1.54) is 6.07 Å². The second-order valence-corrected chi connectivity index (χ2v) is 9.92. The number of nitrogens with zero attached hydrogens (tertiary/aromatic N) is 1. The fourth-order valence-electron chi connectivity index (χ4n) is 3.71. The molecule has 0 aromatic heterocycles. The van der Waals surface area contributed by atoms with Crippen LogP contribution in [0.4, 0.5) is 0 Å². The van der Waals surface area contributed by atoms with Gasteiger partial charge in [-0.3, -0.25) is 0 Å². The maximum Gasteiger partial charge on any atom is 0.243 e. The fraction of sp³-hybridized carbons (Fsp3) is 0.455. The number of sulfonamides is 1. The van der Waals surface area contributed by atoms with Crippen LogP contribution in [0.5, 0.6) is 11.5 Å². The molecule has 1 fully saturated rings. The lowest BCUT2D eigenvalue weighted by Crippen LogP contribution is -2.38. The minimum absolute atomic E-state index is 0.0136. The lowest BCUT2D eigenvalue weighted by Gasteiger charge is -2.28. The highest BCUT2D eigenvalue weighted by atomic mass is 35.5. The first-order valence-electron chi connectivity index (χ1n) is 9.92. The van der Waals surface area contributed by atoms with Gasteiger partial charge in [-0.05, 0) is 62.6 Å². The molecule has 0 heterocycles. The molecule has 2 aromatic carbocycles. The van der Waals surface area contributed by atoms with Crippen molar-refractivity contribution in [1.82, 2.24) is 4.31 Å². The van der Waals surface area contributed by atoms with Gasteiger partial charge in [0.15, 0.2) is 11.5 Å². The number of hydrogen-bond acceptors (Lipinski definition) is 4. The van der Waals surface area contributed by atoms with Crippen molar-refractivity contribution in [2.45, 2.75) is 63.1 Å². The molecule has 3 rings (SSSR count). The van der Waals surface area contributed by atoms with E-state index in [0.717, 1.165) is 31.2 Å². The van der Waals surface area contributed by atoms with Gasteiger partial charge in [0.1, 0.15) is 0 Å². The van der Waals surface area contributed by atoms with Gasteiger partial charge in [-0.1, -0.05) is 36.6 Å². The largest absolute Gasteiger partial charge is 0.493 e. The van der Waals surface area contributed by atoms with Gasteiger partial charge in [0.2, 0.25) is 10.0 Å². The lowest BCUT2D eigenvalue weighted by atomic mass is 10.1. The molecule has 0 bridgehead atoms. The number of halogens is 1. The molecule has 0 radical (unpaired) electrons. The zero-order valence-corrected chi connectivity index (χ0v) is 18.7. The van der Waals surface area contributed by atoms with Crippen molar-refractivity contribution in [2.75, 3.05) is 7.11 Å². The van der Waals surface area contributed by atoms with Crippen molar-refractivity contribution in [3.05, 3.63) is 53.1 Å². The van der Waals surface area contributed by atoms with Crippen molar-refractivity contribution in [2.24, 2.45) is 0 Å². The predicted molar refractivity (Wildman–Crippen MR) is 115 cm³/mol. The molecule has 7 heteroatoms. The van der Waals surface area contributed by atoms with Crippen molar-refractivity contribution < 1.29 is 17.9 Å². The van der Waals surface area contributed by atoms with Crippen LogP contribution >= 0.6 is 11.6 Å². The Morgan fingerprint density at radius 2 is 1.83 bits per heavy atom. The van der Waals surface area contributed by atoms with E-state index in [1.807, 2.05) is 32.0 Å². The average molecular weight is 438 g/mol. The number of rotatable bonds is 8. The van der Waals surface area contributed by atoms with Crippen LogP contribution in [0, 0.1) is 0 Å². The van der Waals surface area contributed by atoms with Crippen LogP contribution < -0.4 is 9.47 Å². The Morgan fingerprint density at radius 1 is 1.10 bits per heavy atom. The number of hydrogen-bond donors (Lipinski definition) is 0. The third kappa shape index (κ3) is 5.24. The van der Waals surface area contributed by atoms with E-state index in [2.05, 4.69) is 0 Å². The second-order valence-electron chi connectivity index (χ2n) is 7.60. The molecule has 29 heavy (non-hydrogen) atoms. The van der Waals surface area contributed by atoms with Gasteiger partial charge in [-0.2, -0.15) is 4.31 Å². The van der Waals surface area contributed by atoms with Gasteiger partial charge in [-0.15, -0.1) is 0 Å². The molecule has 5 nitrogen and oxygen atoms in total. The molecule has 1 aliphatic rings. The molecular weight excluding hydrogens is 410 g/mol. The highest BCUT2D eigenvalue weighted by molar-refractivity contribution is 7.89. The zero-order chi connectivity index (χ0) is 21.0. The van der Waals surface area contributed by atoms with Crippen molar-refractivity contribution in [1.29, 1.82) is 0 Å². The normalized spacial score (nSPS) is 15.2. The van der Waals surface area contributed by atoms with Gasteiger partial charge in [0.25, 0.3) is 0 Å². The van der Waals surface area contributed by atoms with Crippen LogP contribution in [0.1, 0.15) is 45.1 Å². The molecule has 1 saturated carbocycles. The minimum Gasteiger partial charge on any atom is -0.493 e. The summed E-state index contributed by atoms with van der Waals surface area (Å²) < 4.78 is 39.8. The van der Waals surface area contributed by atoms with Crippen LogP contribution in [-0.4, -0.2) is 32.0 Å². The Morgan fingerprint density at radius 3 is 2.45 bits per heavy atom. The van der Waals surface area contributed by atoms with Crippen LogP contribution in [0.3, 0.4) is 0 Å². The Balaban J connectivity index is 1.96. The number of methoxy groups -OCH3 is 1. The van der Waals surface area contributed by atoms with Gasteiger partial charge in [-0.25, -0.2) is 8.42 Å². The van der Waals surface area contributed by atoms with Crippen LogP contribution in [0.2, 0.25) is 5.02 Å². The predicted octanol–water partition coefficient (Wildman–Crippen LogP) is 5.27. The summed E-state index contributed by atoms with van der Waals surface area (Å²) in [4.78, 5) is 0.226. The summed E-state index contributed by atoms with van der Waals surface area (Å²) in [6.07, 6.45) is 3.80. The van der Waals surface area contributed by atoms with Crippen molar-refractivity contribution >= 4 is 21.6 Å². The summed E-state index contributed by atoms with van der Waals surface area (Å²) in [6.45, 7) is 4.17. The minimum atomic E-state index is -3.68. The van der Waals surface area contributed by atoms with Crippen LogP contribution in [0.15, 0.2) is 47.4 Å². The third-order valence-corrected chi connectivity index (χ3v) is 7.19. The summed E-state index contributed by atoms with van der Waals surface area (Å²) in [5, 5.41) is 0.412. The first-order chi connectivity index (χ1) is 13.8.